The van der Waals surface area contributed by atoms with Crippen molar-refractivity contribution in [3.63, 3.8) is 0 Å². The molecule has 2 aromatic rings. The SMILES string of the molecule is N#Cc1cnn(CC(=O)NC2CC3CCC2N(C(=O)c2ccon2)C3)c1. The average Bonchev–Trinajstić information content (AvgIpc) is 3.33. The number of fused-ring (bicyclic) bond motifs is 3. The molecule has 2 aromatic heterocycles. The van der Waals surface area contributed by atoms with Crippen molar-refractivity contribution in [3.8, 4) is 6.07 Å². The smallest absolute Gasteiger partial charge is 0.276 e. The van der Waals surface area contributed by atoms with Gasteiger partial charge in [-0.1, -0.05) is 5.16 Å². The molecule has 1 aliphatic carbocycles. The van der Waals surface area contributed by atoms with Crippen molar-refractivity contribution in [2.75, 3.05) is 6.54 Å². The van der Waals surface area contributed by atoms with Gasteiger partial charge in [-0.05, 0) is 25.2 Å². The number of nitrogens with zero attached hydrogens (tertiary/aromatic N) is 5. The minimum absolute atomic E-state index is 0.0413. The highest BCUT2D eigenvalue weighted by molar-refractivity contribution is 5.92. The molecular formula is C17H18N6O3. The van der Waals surface area contributed by atoms with Crippen LogP contribution in [0.2, 0.25) is 0 Å². The Bertz CT molecular complexity index is 852. The van der Waals surface area contributed by atoms with Crippen LogP contribution < -0.4 is 5.32 Å². The molecule has 26 heavy (non-hydrogen) atoms. The van der Waals surface area contributed by atoms with E-state index >= 15 is 0 Å². The number of carbonyl (C=O) groups is 2. The monoisotopic (exact) mass is 354 g/mol. The van der Waals surface area contributed by atoms with E-state index < -0.39 is 0 Å². The highest BCUT2D eigenvalue weighted by Crippen LogP contribution is 2.36. The Labute approximate surface area is 149 Å². The molecule has 2 saturated heterocycles. The standard InChI is InChI=1S/C17H18N6O3/c18-6-12-7-19-22(8-12)10-16(24)20-14-5-11-1-2-15(14)23(9-11)17(25)13-3-4-26-21-13/h3-4,7-8,11,14-15H,1-2,5,9-10H2,(H,20,24). The molecule has 9 nitrogen and oxygen atoms in total. The fourth-order valence-electron chi connectivity index (χ4n) is 3.96. The Morgan fingerprint density at radius 3 is 3.00 bits per heavy atom. The second-order valence-electron chi connectivity index (χ2n) is 6.80. The Balaban J connectivity index is 1.42. The third kappa shape index (κ3) is 3.06. The maximum absolute atomic E-state index is 12.7. The van der Waals surface area contributed by atoms with Gasteiger partial charge in [-0.2, -0.15) is 10.4 Å². The summed E-state index contributed by atoms with van der Waals surface area (Å²) < 4.78 is 6.21. The zero-order valence-corrected chi connectivity index (χ0v) is 14.0. The third-order valence-electron chi connectivity index (χ3n) is 5.11. The second kappa shape index (κ2) is 6.63. The predicted octanol–water partition coefficient (Wildman–Crippen LogP) is 0.552. The van der Waals surface area contributed by atoms with Crippen molar-refractivity contribution in [3.05, 3.63) is 36.0 Å². The summed E-state index contributed by atoms with van der Waals surface area (Å²) in [6, 6.07) is 3.41. The molecule has 0 spiro atoms. The summed E-state index contributed by atoms with van der Waals surface area (Å²) in [5, 5.41) is 19.6. The molecule has 134 valence electrons. The molecule has 5 rings (SSSR count). The lowest BCUT2D eigenvalue weighted by Gasteiger charge is -2.49. The molecule has 3 unspecified atom stereocenters. The van der Waals surface area contributed by atoms with Crippen LogP contribution in [0.3, 0.4) is 0 Å². The summed E-state index contributed by atoms with van der Waals surface area (Å²) in [6.45, 7) is 0.736. The summed E-state index contributed by atoms with van der Waals surface area (Å²) in [5.74, 6) is 0.0400. The second-order valence-corrected chi connectivity index (χ2v) is 6.80. The molecule has 2 aliphatic heterocycles. The van der Waals surface area contributed by atoms with Crippen molar-refractivity contribution >= 4 is 11.8 Å². The van der Waals surface area contributed by atoms with Crippen LogP contribution >= 0.6 is 0 Å². The Morgan fingerprint density at radius 2 is 2.31 bits per heavy atom. The van der Waals surface area contributed by atoms with E-state index in [2.05, 4.69) is 15.6 Å². The molecule has 0 aromatic carbocycles. The molecule has 2 amide bonds. The lowest BCUT2D eigenvalue weighted by atomic mass is 9.76. The molecule has 3 fully saturated rings. The largest absolute Gasteiger partial charge is 0.364 e. The van der Waals surface area contributed by atoms with Crippen LogP contribution in [-0.4, -0.2) is 50.3 Å². The lowest BCUT2D eigenvalue weighted by Crippen LogP contribution is -2.62. The number of nitrogens with one attached hydrogen (secondary N) is 1. The van der Waals surface area contributed by atoms with Gasteiger partial charge in [-0.3, -0.25) is 14.3 Å². The Hall–Kier alpha value is -3.15. The lowest BCUT2D eigenvalue weighted by molar-refractivity contribution is -0.124. The highest BCUT2D eigenvalue weighted by atomic mass is 16.5. The summed E-state index contributed by atoms with van der Waals surface area (Å²) in [5.41, 5.74) is 0.710. The average molecular weight is 354 g/mol. The minimum Gasteiger partial charge on any atom is -0.364 e. The Morgan fingerprint density at radius 1 is 1.42 bits per heavy atom. The summed E-state index contributed by atoms with van der Waals surface area (Å²) in [7, 11) is 0. The van der Waals surface area contributed by atoms with E-state index in [4.69, 9.17) is 9.78 Å². The van der Waals surface area contributed by atoms with Crippen molar-refractivity contribution in [2.45, 2.75) is 37.9 Å². The molecule has 3 aliphatic rings. The summed E-state index contributed by atoms with van der Waals surface area (Å²) in [6.07, 6.45) is 7.13. The number of nitriles is 1. The number of carbonyl (C=O) groups excluding carboxylic acids is 2. The number of aromatic nitrogens is 3. The van der Waals surface area contributed by atoms with Crippen molar-refractivity contribution in [2.24, 2.45) is 5.92 Å². The van der Waals surface area contributed by atoms with Crippen LogP contribution in [0, 0.1) is 17.2 Å². The topological polar surface area (TPSA) is 117 Å². The van der Waals surface area contributed by atoms with Gasteiger partial charge in [0.15, 0.2) is 5.69 Å². The van der Waals surface area contributed by atoms with E-state index in [9.17, 15) is 9.59 Å². The molecule has 2 bridgehead atoms. The maximum Gasteiger partial charge on any atom is 0.276 e. The van der Waals surface area contributed by atoms with Gasteiger partial charge in [-0.15, -0.1) is 0 Å². The van der Waals surface area contributed by atoms with E-state index in [1.165, 1.54) is 23.3 Å². The van der Waals surface area contributed by atoms with E-state index in [1.54, 1.807) is 6.07 Å². The maximum atomic E-state index is 12.7. The molecule has 1 saturated carbocycles. The molecule has 9 heteroatoms. The first-order valence-electron chi connectivity index (χ1n) is 8.57. The van der Waals surface area contributed by atoms with Gasteiger partial charge in [0.05, 0.1) is 17.8 Å². The van der Waals surface area contributed by atoms with Gasteiger partial charge in [0.2, 0.25) is 5.91 Å². The first-order chi connectivity index (χ1) is 12.6. The normalized spacial score (nSPS) is 24.3. The third-order valence-corrected chi connectivity index (χ3v) is 5.11. The number of hydrogen-bond acceptors (Lipinski definition) is 6. The molecule has 3 atom stereocenters. The first kappa shape index (κ1) is 16.3. The number of amides is 2. The predicted molar refractivity (Wildman–Crippen MR) is 87.5 cm³/mol. The van der Waals surface area contributed by atoms with Crippen LogP contribution in [0.5, 0.6) is 0 Å². The highest BCUT2D eigenvalue weighted by Gasteiger charge is 2.44. The fourth-order valence-corrected chi connectivity index (χ4v) is 3.96. The molecule has 1 N–H and O–H groups in total. The van der Waals surface area contributed by atoms with Gasteiger partial charge in [-0.25, -0.2) is 0 Å². The van der Waals surface area contributed by atoms with Gasteiger partial charge in [0.25, 0.3) is 5.91 Å². The zero-order valence-electron chi connectivity index (χ0n) is 14.0. The van der Waals surface area contributed by atoms with E-state index in [0.717, 1.165) is 19.3 Å². The van der Waals surface area contributed by atoms with Gasteiger partial charge in [0, 0.05) is 24.8 Å². The number of piperidine rings is 2. The van der Waals surface area contributed by atoms with Crippen LogP contribution in [0.25, 0.3) is 0 Å². The fraction of sp³-hybridized carbons (Fsp3) is 0.471. The first-order valence-corrected chi connectivity index (χ1v) is 8.57. The van der Waals surface area contributed by atoms with Crippen LogP contribution in [0.15, 0.2) is 29.2 Å². The van der Waals surface area contributed by atoms with E-state index in [0.29, 0.717) is 23.7 Å². The summed E-state index contributed by atoms with van der Waals surface area (Å²) in [4.78, 5) is 26.8. The summed E-state index contributed by atoms with van der Waals surface area (Å²) >= 11 is 0. The Kier molecular flexibility index (Phi) is 4.16. The van der Waals surface area contributed by atoms with Crippen LogP contribution in [0.4, 0.5) is 0 Å². The van der Waals surface area contributed by atoms with Crippen molar-refractivity contribution in [1.29, 1.82) is 5.26 Å². The minimum atomic E-state index is -0.177. The zero-order chi connectivity index (χ0) is 18.1. The van der Waals surface area contributed by atoms with Crippen molar-refractivity contribution in [1.82, 2.24) is 25.2 Å². The van der Waals surface area contributed by atoms with E-state index in [-0.39, 0.29) is 30.4 Å². The van der Waals surface area contributed by atoms with Crippen LogP contribution in [0.1, 0.15) is 35.3 Å². The van der Waals surface area contributed by atoms with Gasteiger partial charge >= 0.3 is 0 Å². The molecule has 4 heterocycles. The van der Waals surface area contributed by atoms with Gasteiger partial charge < -0.3 is 14.7 Å². The number of hydrogen-bond donors (Lipinski definition) is 1. The van der Waals surface area contributed by atoms with Crippen LogP contribution in [-0.2, 0) is 11.3 Å². The van der Waals surface area contributed by atoms with Crippen molar-refractivity contribution < 1.29 is 14.1 Å². The molecule has 0 radical (unpaired) electrons. The van der Waals surface area contributed by atoms with E-state index in [1.807, 2.05) is 11.0 Å². The quantitative estimate of drug-likeness (QED) is 0.857. The molecular weight excluding hydrogens is 336 g/mol. The van der Waals surface area contributed by atoms with Gasteiger partial charge in [0.1, 0.15) is 18.9 Å². The number of rotatable bonds is 4.